The van der Waals surface area contributed by atoms with Crippen LogP contribution in [-0.2, 0) is 0 Å². The highest BCUT2D eigenvalue weighted by Crippen LogP contribution is 2.34. The number of fused-ring (bicyclic) bond motifs is 1. The Labute approximate surface area is 134 Å². The second-order valence-electron chi connectivity index (χ2n) is 5.78. The topological polar surface area (TPSA) is 45.1 Å². The summed E-state index contributed by atoms with van der Waals surface area (Å²) in [5.41, 5.74) is 6.54. The number of nitrogens with one attached hydrogen (secondary N) is 1. The summed E-state index contributed by atoms with van der Waals surface area (Å²) in [6, 6.07) is 12.6. The molecule has 0 aliphatic rings. The minimum absolute atomic E-state index is 0.911. The van der Waals surface area contributed by atoms with E-state index in [2.05, 4.69) is 39.1 Å². The van der Waals surface area contributed by atoms with Crippen molar-refractivity contribution in [3.63, 3.8) is 0 Å². The maximum Gasteiger partial charge on any atom is 0.137 e. The molecule has 4 nitrogen and oxygen atoms in total. The molecule has 0 unspecified atom stereocenters. The van der Waals surface area contributed by atoms with Gasteiger partial charge in [-0.25, -0.2) is 4.98 Å². The van der Waals surface area contributed by atoms with E-state index in [1.807, 2.05) is 38.6 Å². The van der Waals surface area contributed by atoms with Gasteiger partial charge in [-0.1, -0.05) is 6.07 Å². The number of benzene rings is 1. The first-order chi connectivity index (χ1) is 11.2. The van der Waals surface area contributed by atoms with Crippen LogP contribution >= 0.6 is 0 Å². The molecule has 23 heavy (non-hydrogen) atoms. The van der Waals surface area contributed by atoms with E-state index < -0.39 is 0 Å². The molecule has 0 saturated heterocycles. The molecule has 4 rings (SSSR count). The molecular formula is C19H17N3O. The van der Waals surface area contributed by atoms with Crippen LogP contribution in [0.5, 0.6) is 0 Å². The molecule has 4 aromatic rings. The monoisotopic (exact) mass is 303 g/mol. The molecule has 0 spiro atoms. The maximum absolute atomic E-state index is 5.26. The van der Waals surface area contributed by atoms with Crippen molar-refractivity contribution in [2.24, 2.45) is 0 Å². The van der Waals surface area contributed by atoms with Crippen molar-refractivity contribution in [2.45, 2.75) is 0 Å². The largest absolute Gasteiger partial charge is 0.472 e. The third-order valence-corrected chi connectivity index (χ3v) is 4.04. The third kappa shape index (κ3) is 2.38. The van der Waals surface area contributed by atoms with Crippen LogP contribution in [0.15, 0.2) is 65.7 Å². The molecule has 0 saturated carbocycles. The normalized spacial score (nSPS) is 11.0. The number of rotatable bonds is 3. The van der Waals surface area contributed by atoms with Gasteiger partial charge >= 0.3 is 0 Å². The van der Waals surface area contributed by atoms with Gasteiger partial charge in [0.05, 0.1) is 12.5 Å². The fraction of sp³-hybridized carbons (Fsp3) is 0.105. The number of anilines is 1. The van der Waals surface area contributed by atoms with Crippen molar-refractivity contribution in [3.05, 3.63) is 61.3 Å². The summed E-state index contributed by atoms with van der Waals surface area (Å²) in [5, 5.41) is 1.11. The summed E-state index contributed by atoms with van der Waals surface area (Å²) >= 11 is 0. The van der Waals surface area contributed by atoms with E-state index in [1.165, 1.54) is 0 Å². The Morgan fingerprint density at radius 3 is 2.70 bits per heavy atom. The van der Waals surface area contributed by atoms with Crippen LogP contribution in [-0.4, -0.2) is 24.1 Å². The standard InChI is InChI=1S/C19H17N3O/c1-22(2)18-4-3-13(10-17(18)15-6-8-23-12-15)16-9-14-5-7-20-19(14)21-11-16/h3-12H,1-2H3,(H,20,21). The van der Waals surface area contributed by atoms with E-state index in [0.717, 1.165) is 39.0 Å². The van der Waals surface area contributed by atoms with Crippen molar-refractivity contribution >= 4 is 16.7 Å². The molecule has 3 aromatic heterocycles. The quantitative estimate of drug-likeness (QED) is 0.603. The van der Waals surface area contributed by atoms with Crippen molar-refractivity contribution in [1.82, 2.24) is 9.97 Å². The SMILES string of the molecule is CN(C)c1ccc(-c2cnc3[nH]ccc3c2)cc1-c1ccoc1. The molecule has 0 bridgehead atoms. The average molecular weight is 303 g/mol. The lowest BCUT2D eigenvalue weighted by atomic mass is 9.99. The predicted molar refractivity (Wildman–Crippen MR) is 93.6 cm³/mol. The van der Waals surface area contributed by atoms with E-state index in [0.29, 0.717) is 0 Å². The van der Waals surface area contributed by atoms with Crippen LogP contribution < -0.4 is 4.90 Å². The summed E-state index contributed by atoms with van der Waals surface area (Å²) in [4.78, 5) is 9.72. The van der Waals surface area contributed by atoms with Gasteiger partial charge in [-0.15, -0.1) is 0 Å². The van der Waals surface area contributed by atoms with Gasteiger partial charge in [-0.3, -0.25) is 0 Å². The fourth-order valence-electron chi connectivity index (χ4n) is 2.85. The van der Waals surface area contributed by atoms with Gasteiger partial charge in [-0.05, 0) is 35.9 Å². The Morgan fingerprint density at radius 1 is 1.00 bits per heavy atom. The van der Waals surface area contributed by atoms with E-state index in [4.69, 9.17) is 4.42 Å². The van der Waals surface area contributed by atoms with E-state index in [1.54, 1.807) is 12.5 Å². The highest BCUT2D eigenvalue weighted by molar-refractivity contribution is 5.86. The first kappa shape index (κ1) is 13.6. The van der Waals surface area contributed by atoms with Crippen LogP contribution in [0.2, 0.25) is 0 Å². The molecule has 0 atom stereocenters. The highest BCUT2D eigenvalue weighted by Gasteiger charge is 2.11. The Balaban J connectivity index is 1.87. The summed E-state index contributed by atoms with van der Waals surface area (Å²) < 4.78 is 5.26. The second-order valence-corrected chi connectivity index (χ2v) is 5.78. The summed E-state index contributed by atoms with van der Waals surface area (Å²) in [7, 11) is 4.10. The zero-order valence-corrected chi connectivity index (χ0v) is 13.1. The molecule has 3 heterocycles. The number of hydrogen-bond acceptors (Lipinski definition) is 3. The lowest BCUT2D eigenvalue weighted by molar-refractivity contribution is 0.568. The van der Waals surface area contributed by atoms with Crippen LogP contribution in [0, 0.1) is 0 Å². The molecule has 0 radical (unpaired) electrons. The molecule has 1 N–H and O–H groups in total. The number of aromatic nitrogens is 2. The third-order valence-electron chi connectivity index (χ3n) is 4.04. The van der Waals surface area contributed by atoms with E-state index >= 15 is 0 Å². The Hall–Kier alpha value is -3.01. The summed E-state index contributed by atoms with van der Waals surface area (Å²) in [6.45, 7) is 0. The molecule has 114 valence electrons. The average Bonchev–Trinajstić information content (AvgIpc) is 3.25. The van der Waals surface area contributed by atoms with Crippen molar-refractivity contribution < 1.29 is 4.42 Å². The number of H-pyrrole nitrogens is 1. The highest BCUT2D eigenvalue weighted by atomic mass is 16.3. The van der Waals surface area contributed by atoms with Crippen LogP contribution in [0.4, 0.5) is 5.69 Å². The van der Waals surface area contributed by atoms with E-state index in [9.17, 15) is 0 Å². The van der Waals surface area contributed by atoms with Crippen LogP contribution in [0.25, 0.3) is 33.3 Å². The Bertz CT molecular complexity index is 952. The zero-order chi connectivity index (χ0) is 15.8. The first-order valence-corrected chi connectivity index (χ1v) is 7.50. The lowest BCUT2D eigenvalue weighted by Gasteiger charge is -2.18. The van der Waals surface area contributed by atoms with Gasteiger partial charge in [0, 0.05) is 54.3 Å². The summed E-state index contributed by atoms with van der Waals surface area (Å²) in [5.74, 6) is 0. The molecule has 0 aliphatic carbocycles. The minimum atomic E-state index is 0.911. The van der Waals surface area contributed by atoms with Gasteiger partial charge in [-0.2, -0.15) is 0 Å². The minimum Gasteiger partial charge on any atom is -0.472 e. The van der Waals surface area contributed by atoms with E-state index in [-0.39, 0.29) is 0 Å². The second kappa shape index (κ2) is 5.32. The van der Waals surface area contributed by atoms with Crippen molar-refractivity contribution in [2.75, 3.05) is 19.0 Å². The van der Waals surface area contributed by atoms with Crippen LogP contribution in [0.1, 0.15) is 0 Å². The van der Waals surface area contributed by atoms with Gasteiger partial charge in [0.15, 0.2) is 0 Å². The van der Waals surface area contributed by atoms with Crippen molar-refractivity contribution in [1.29, 1.82) is 0 Å². The number of aromatic amines is 1. The molecule has 4 heteroatoms. The number of nitrogens with zero attached hydrogens (tertiary/aromatic N) is 2. The molecule has 0 amide bonds. The molecule has 1 aromatic carbocycles. The number of hydrogen-bond donors (Lipinski definition) is 1. The van der Waals surface area contributed by atoms with Crippen LogP contribution in [0.3, 0.4) is 0 Å². The van der Waals surface area contributed by atoms with Crippen molar-refractivity contribution in [3.8, 4) is 22.3 Å². The smallest absolute Gasteiger partial charge is 0.137 e. The Morgan fingerprint density at radius 2 is 1.91 bits per heavy atom. The molecule has 0 fully saturated rings. The number of pyridine rings is 1. The number of furan rings is 1. The maximum atomic E-state index is 5.26. The zero-order valence-electron chi connectivity index (χ0n) is 13.1. The Kier molecular flexibility index (Phi) is 3.15. The summed E-state index contributed by atoms with van der Waals surface area (Å²) in [6.07, 6.45) is 7.30. The lowest BCUT2D eigenvalue weighted by Crippen LogP contribution is -2.09. The molecular weight excluding hydrogens is 286 g/mol. The van der Waals surface area contributed by atoms with Gasteiger partial charge in [0.2, 0.25) is 0 Å². The van der Waals surface area contributed by atoms with Gasteiger partial charge in [0.25, 0.3) is 0 Å². The molecule has 0 aliphatic heterocycles. The first-order valence-electron chi connectivity index (χ1n) is 7.50. The predicted octanol–water partition coefficient (Wildman–Crippen LogP) is 4.56. The fourth-order valence-corrected chi connectivity index (χ4v) is 2.85. The van der Waals surface area contributed by atoms with Gasteiger partial charge < -0.3 is 14.3 Å². The van der Waals surface area contributed by atoms with Gasteiger partial charge in [0.1, 0.15) is 5.65 Å².